The van der Waals surface area contributed by atoms with E-state index in [0.29, 0.717) is 51.6 Å². The molecule has 4 heterocycles. The van der Waals surface area contributed by atoms with E-state index >= 15 is 0 Å². The molecule has 4 aromatic rings. The number of fused-ring (bicyclic) bond motifs is 1. The van der Waals surface area contributed by atoms with Gasteiger partial charge in [-0.15, -0.1) is 11.3 Å². The van der Waals surface area contributed by atoms with Gasteiger partial charge >= 0.3 is 0 Å². The lowest BCUT2D eigenvalue weighted by Crippen LogP contribution is -2.33. The molecular formula is C28H26ClFN6O2S. The van der Waals surface area contributed by atoms with E-state index in [0.717, 1.165) is 5.56 Å². The fourth-order valence-corrected chi connectivity index (χ4v) is 6.04. The second-order valence-corrected chi connectivity index (χ2v) is 12.0. The predicted molar refractivity (Wildman–Crippen MR) is 147 cm³/mol. The number of rotatable bonds is 6. The number of halogens is 2. The number of aryl methyl sites for hydroxylation is 1. The van der Waals surface area contributed by atoms with E-state index in [1.54, 1.807) is 24.5 Å². The molecule has 1 aliphatic heterocycles. The lowest BCUT2D eigenvalue weighted by molar-refractivity contribution is 0.0755. The zero-order chi connectivity index (χ0) is 27.5. The smallest absolute Gasteiger partial charge is 0.265 e. The van der Waals surface area contributed by atoms with Crippen LogP contribution in [0.2, 0.25) is 5.02 Å². The number of likely N-dealkylation sites (tertiary alicyclic amines) is 1. The minimum atomic E-state index is -0.653. The molecule has 39 heavy (non-hydrogen) atoms. The maximum Gasteiger partial charge on any atom is 0.265 e. The predicted octanol–water partition coefficient (Wildman–Crippen LogP) is 5.11. The second kappa shape index (κ2) is 9.62. The van der Waals surface area contributed by atoms with Crippen LogP contribution in [0.5, 0.6) is 5.88 Å². The molecule has 2 N–H and O–H groups in total. The van der Waals surface area contributed by atoms with Gasteiger partial charge < -0.3 is 15.4 Å². The number of nitrogens with zero attached hydrogens (tertiary/aromatic N) is 5. The molecule has 6 rings (SSSR count). The Bertz CT molecular complexity index is 1560. The van der Waals surface area contributed by atoms with Crippen LogP contribution in [0.15, 0.2) is 48.8 Å². The van der Waals surface area contributed by atoms with Gasteiger partial charge in [0.15, 0.2) is 10.8 Å². The number of amides is 1. The number of hydrogen-bond acceptors (Lipinski definition) is 8. The normalized spacial score (nSPS) is 20.2. The van der Waals surface area contributed by atoms with E-state index in [-0.39, 0.29) is 28.9 Å². The van der Waals surface area contributed by atoms with Crippen molar-refractivity contribution in [3.63, 3.8) is 0 Å². The summed E-state index contributed by atoms with van der Waals surface area (Å²) >= 11 is 7.19. The van der Waals surface area contributed by atoms with Crippen molar-refractivity contribution < 1.29 is 13.9 Å². The molecule has 200 valence electrons. The van der Waals surface area contributed by atoms with Gasteiger partial charge in [0.05, 0.1) is 16.4 Å². The molecular weight excluding hydrogens is 539 g/mol. The van der Waals surface area contributed by atoms with Crippen molar-refractivity contribution >= 4 is 28.8 Å². The van der Waals surface area contributed by atoms with Crippen molar-refractivity contribution in [2.45, 2.75) is 32.4 Å². The van der Waals surface area contributed by atoms with Gasteiger partial charge in [-0.05, 0) is 50.6 Å². The highest BCUT2D eigenvalue weighted by Crippen LogP contribution is 2.48. The number of nitrogens with two attached hydrogens (primary N) is 1. The summed E-state index contributed by atoms with van der Waals surface area (Å²) in [6, 6.07) is 10.00. The van der Waals surface area contributed by atoms with Gasteiger partial charge in [-0.25, -0.2) is 24.3 Å². The Kier molecular flexibility index (Phi) is 6.36. The highest BCUT2D eigenvalue weighted by atomic mass is 35.5. The number of piperidine rings is 1. The first-order chi connectivity index (χ1) is 18.6. The van der Waals surface area contributed by atoms with Crippen LogP contribution in [-0.4, -0.2) is 49.9 Å². The molecule has 8 nitrogen and oxygen atoms in total. The van der Waals surface area contributed by atoms with Crippen LogP contribution < -0.4 is 10.5 Å². The Labute approximate surface area is 234 Å². The van der Waals surface area contributed by atoms with Crippen LogP contribution in [0.25, 0.3) is 22.1 Å². The molecule has 0 radical (unpaired) electrons. The van der Waals surface area contributed by atoms with Gasteiger partial charge in [0.1, 0.15) is 16.8 Å². The van der Waals surface area contributed by atoms with Crippen molar-refractivity contribution in [1.82, 2.24) is 24.8 Å². The number of benzene rings is 1. The van der Waals surface area contributed by atoms with Crippen LogP contribution in [0.1, 0.15) is 34.8 Å². The van der Waals surface area contributed by atoms with Crippen molar-refractivity contribution in [2.24, 2.45) is 17.6 Å². The average Bonchev–Trinajstić information content (AvgIpc) is 3.22. The van der Waals surface area contributed by atoms with Gasteiger partial charge in [0.2, 0.25) is 5.88 Å². The van der Waals surface area contributed by atoms with E-state index < -0.39 is 11.4 Å². The standard InChI is InChI=1S/C28H26ClFN6O2S/c1-14-24(39-26(34-14)25-32-7-4-8-33-25)27(37)36-12-17-18(13-36)23(17)38-22-11-16(28(2,3)31)10-21(35-22)15-5-6-19(29)20(30)9-15/h4-11,17-18,23H,12-13,31H2,1-3H3. The van der Waals surface area contributed by atoms with Crippen LogP contribution >= 0.6 is 22.9 Å². The molecule has 0 bridgehead atoms. The van der Waals surface area contributed by atoms with Crippen molar-refractivity contribution in [3.8, 4) is 28.0 Å². The van der Waals surface area contributed by atoms with Crippen LogP contribution in [0.4, 0.5) is 4.39 Å². The SMILES string of the molecule is Cc1nc(-c2ncccn2)sc1C(=O)N1CC2C(C1)C2Oc1cc(C(C)(C)N)cc(-c2ccc(Cl)c(F)c2)n1. The van der Waals surface area contributed by atoms with Crippen molar-refractivity contribution in [2.75, 3.05) is 13.1 Å². The minimum Gasteiger partial charge on any atom is -0.474 e. The fraction of sp³-hybridized carbons (Fsp3) is 0.321. The van der Waals surface area contributed by atoms with Crippen LogP contribution in [0.3, 0.4) is 0 Å². The van der Waals surface area contributed by atoms with E-state index in [1.165, 1.54) is 23.5 Å². The Balaban J connectivity index is 1.17. The Morgan fingerprint density at radius 2 is 1.87 bits per heavy atom. The number of carbonyl (C=O) groups is 1. The van der Waals surface area contributed by atoms with E-state index in [4.69, 9.17) is 22.1 Å². The summed E-state index contributed by atoms with van der Waals surface area (Å²) in [6.45, 7) is 6.81. The molecule has 2 fully saturated rings. The lowest BCUT2D eigenvalue weighted by atomic mass is 9.95. The molecule has 1 aliphatic carbocycles. The van der Waals surface area contributed by atoms with Gasteiger partial charge in [-0.3, -0.25) is 4.79 Å². The second-order valence-electron chi connectivity index (χ2n) is 10.6. The first-order valence-corrected chi connectivity index (χ1v) is 13.8. The molecule has 2 atom stereocenters. The highest BCUT2D eigenvalue weighted by Gasteiger charge is 2.59. The highest BCUT2D eigenvalue weighted by molar-refractivity contribution is 7.17. The van der Waals surface area contributed by atoms with E-state index in [9.17, 15) is 9.18 Å². The molecule has 1 amide bonds. The van der Waals surface area contributed by atoms with Gasteiger partial charge in [-0.1, -0.05) is 17.7 Å². The molecule has 0 spiro atoms. The zero-order valence-corrected chi connectivity index (χ0v) is 23.1. The van der Waals surface area contributed by atoms with Gasteiger partial charge in [0.25, 0.3) is 5.91 Å². The maximum atomic E-state index is 14.2. The summed E-state index contributed by atoms with van der Waals surface area (Å²) in [5.41, 5.74) is 8.37. The number of pyridine rings is 1. The van der Waals surface area contributed by atoms with E-state index in [2.05, 4.69) is 19.9 Å². The summed E-state index contributed by atoms with van der Waals surface area (Å²) in [7, 11) is 0. The molecule has 3 aromatic heterocycles. The number of ether oxygens (including phenoxy) is 1. The minimum absolute atomic E-state index is 0.0322. The third-order valence-electron chi connectivity index (χ3n) is 7.17. The third-order valence-corrected chi connectivity index (χ3v) is 8.62. The molecule has 2 aliphatic rings. The largest absolute Gasteiger partial charge is 0.474 e. The van der Waals surface area contributed by atoms with Gasteiger partial charge in [0, 0.05) is 54.5 Å². The van der Waals surface area contributed by atoms with Crippen LogP contribution in [0, 0.1) is 24.6 Å². The lowest BCUT2D eigenvalue weighted by Gasteiger charge is -2.22. The van der Waals surface area contributed by atoms with Crippen molar-refractivity contribution in [1.29, 1.82) is 0 Å². The van der Waals surface area contributed by atoms with Crippen molar-refractivity contribution in [3.05, 3.63) is 75.8 Å². The Morgan fingerprint density at radius 3 is 2.54 bits per heavy atom. The first-order valence-electron chi connectivity index (χ1n) is 12.6. The maximum absolute atomic E-state index is 14.2. The summed E-state index contributed by atoms with van der Waals surface area (Å²) in [4.78, 5) is 33.4. The summed E-state index contributed by atoms with van der Waals surface area (Å²) < 4.78 is 20.5. The molecule has 1 saturated heterocycles. The first kappa shape index (κ1) is 25.8. The van der Waals surface area contributed by atoms with E-state index in [1.807, 2.05) is 37.8 Å². The third kappa shape index (κ3) is 4.99. The van der Waals surface area contributed by atoms with Crippen LogP contribution in [-0.2, 0) is 5.54 Å². The zero-order valence-electron chi connectivity index (χ0n) is 21.6. The topological polar surface area (TPSA) is 107 Å². The van der Waals surface area contributed by atoms with Gasteiger partial charge in [-0.2, -0.15) is 0 Å². The number of hydrogen-bond donors (Lipinski definition) is 1. The average molecular weight is 565 g/mol. The molecule has 1 aromatic carbocycles. The quantitative estimate of drug-likeness (QED) is 0.347. The molecule has 2 unspecified atom stereocenters. The monoisotopic (exact) mass is 564 g/mol. The Morgan fingerprint density at radius 1 is 1.15 bits per heavy atom. The Hall–Kier alpha value is -3.47. The summed E-state index contributed by atoms with van der Waals surface area (Å²) in [5.74, 6) is 0.823. The number of carbonyl (C=O) groups excluding carboxylic acids is 1. The molecule has 1 saturated carbocycles. The molecule has 11 heteroatoms. The number of thiazole rings is 1. The number of aromatic nitrogens is 4. The summed E-state index contributed by atoms with van der Waals surface area (Å²) in [6.07, 6.45) is 3.26. The fourth-order valence-electron chi connectivity index (χ4n) is 4.94. The summed E-state index contributed by atoms with van der Waals surface area (Å²) in [5, 5.41) is 0.681.